The number of carbonyl (C=O) groups is 1. The highest BCUT2D eigenvalue weighted by molar-refractivity contribution is 5.78. The van der Waals surface area contributed by atoms with Crippen LogP contribution in [-0.2, 0) is 4.79 Å². The monoisotopic (exact) mass is 242 g/mol. The van der Waals surface area contributed by atoms with Crippen molar-refractivity contribution in [1.82, 2.24) is 10.6 Å². The van der Waals surface area contributed by atoms with Crippen molar-refractivity contribution in [3.05, 3.63) is 0 Å². The van der Waals surface area contributed by atoms with Gasteiger partial charge in [0.1, 0.15) is 0 Å². The van der Waals surface area contributed by atoms with Gasteiger partial charge in [-0.1, -0.05) is 20.8 Å². The number of amides is 1. The molecule has 1 rings (SSSR count). The Labute approximate surface area is 104 Å². The fourth-order valence-electron chi connectivity index (χ4n) is 2.13. The van der Waals surface area contributed by atoms with Gasteiger partial charge >= 0.3 is 0 Å². The van der Waals surface area contributed by atoms with Crippen LogP contribution < -0.4 is 10.6 Å². The maximum Gasteiger partial charge on any atom is 0.234 e. The molecule has 0 aromatic rings. The molecule has 3 N–H and O–H groups in total. The van der Waals surface area contributed by atoms with Gasteiger partial charge in [0.15, 0.2) is 0 Å². The van der Waals surface area contributed by atoms with Crippen LogP contribution in [0, 0.1) is 5.41 Å². The first-order chi connectivity index (χ1) is 7.87. The molecule has 0 aromatic carbocycles. The van der Waals surface area contributed by atoms with E-state index in [4.69, 9.17) is 0 Å². The van der Waals surface area contributed by atoms with Crippen molar-refractivity contribution in [3.8, 4) is 0 Å². The van der Waals surface area contributed by atoms with E-state index in [0.29, 0.717) is 18.5 Å². The summed E-state index contributed by atoms with van der Waals surface area (Å²) in [5.74, 6) is -0.0369. The number of rotatable bonds is 5. The number of hydrogen-bond acceptors (Lipinski definition) is 3. The second-order valence-corrected chi connectivity index (χ2v) is 5.95. The Morgan fingerprint density at radius 2 is 1.82 bits per heavy atom. The number of likely N-dealkylation sites (N-methyl/N-ethyl adjacent to an activating group) is 1. The molecule has 1 aliphatic rings. The maximum absolute atomic E-state index is 11.4. The lowest BCUT2D eigenvalue weighted by molar-refractivity contribution is -0.122. The first-order valence-electron chi connectivity index (χ1n) is 6.57. The Bertz CT molecular complexity index is 254. The Balaban J connectivity index is 2.29. The molecule has 0 unspecified atom stereocenters. The van der Waals surface area contributed by atoms with E-state index in [0.717, 1.165) is 32.2 Å². The van der Waals surface area contributed by atoms with Crippen LogP contribution >= 0.6 is 0 Å². The molecule has 1 saturated carbocycles. The van der Waals surface area contributed by atoms with Crippen molar-refractivity contribution < 1.29 is 9.90 Å². The van der Waals surface area contributed by atoms with Crippen LogP contribution in [0.2, 0.25) is 0 Å². The van der Waals surface area contributed by atoms with Gasteiger partial charge in [0, 0.05) is 6.54 Å². The zero-order chi connectivity index (χ0) is 12.9. The molecular formula is C13H26N2O2. The van der Waals surface area contributed by atoms with Gasteiger partial charge in [-0.3, -0.25) is 4.79 Å². The quantitative estimate of drug-likeness (QED) is 0.675. The molecule has 0 heterocycles. The van der Waals surface area contributed by atoms with Crippen molar-refractivity contribution in [2.45, 2.75) is 52.1 Å². The third-order valence-corrected chi connectivity index (χ3v) is 3.68. The summed E-state index contributed by atoms with van der Waals surface area (Å²) in [5, 5.41) is 16.1. The molecule has 100 valence electrons. The van der Waals surface area contributed by atoms with Gasteiger partial charge < -0.3 is 15.7 Å². The van der Waals surface area contributed by atoms with Gasteiger partial charge in [-0.25, -0.2) is 0 Å². The average Bonchev–Trinajstić information content (AvgIpc) is 2.29. The molecule has 1 fully saturated rings. The van der Waals surface area contributed by atoms with Crippen LogP contribution in [0.1, 0.15) is 46.5 Å². The topological polar surface area (TPSA) is 61.4 Å². The minimum absolute atomic E-state index is 0.0369. The van der Waals surface area contributed by atoms with Gasteiger partial charge in [0.25, 0.3) is 0 Å². The normalized spacial score (nSPS) is 22.1. The van der Waals surface area contributed by atoms with E-state index in [1.54, 1.807) is 0 Å². The standard InChI is InChI=1S/C13H26N2O2/c1-4-14-9-11(16)15-10-13(17)7-5-12(2,3)6-8-13/h14,17H,4-10H2,1-3H3,(H,15,16). The molecule has 1 amide bonds. The van der Waals surface area contributed by atoms with Crippen LogP contribution in [0.25, 0.3) is 0 Å². The van der Waals surface area contributed by atoms with Crippen molar-refractivity contribution in [2.24, 2.45) is 5.41 Å². The van der Waals surface area contributed by atoms with Crippen LogP contribution in [0.5, 0.6) is 0 Å². The second kappa shape index (κ2) is 5.83. The van der Waals surface area contributed by atoms with Gasteiger partial charge in [-0.15, -0.1) is 0 Å². The van der Waals surface area contributed by atoms with Crippen molar-refractivity contribution in [3.63, 3.8) is 0 Å². The lowest BCUT2D eigenvalue weighted by Crippen LogP contribution is -2.48. The van der Waals surface area contributed by atoms with E-state index in [1.807, 2.05) is 6.92 Å². The first kappa shape index (κ1) is 14.5. The van der Waals surface area contributed by atoms with Crippen molar-refractivity contribution in [1.29, 1.82) is 0 Å². The molecule has 0 radical (unpaired) electrons. The molecule has 0 saturated heterocycles. The van der Waals surface area contributed by atoms with Crippen LogP contribution in [-0.4, -0.2) is 36.2 Å². The molecule has 4 heteroatoms. The molecule has 17 heavy (non-hydrogen) atoms. The SMILES string of the molecule is CCNCC(=O)NCC1(O)CCC(C)(C)CC1. The van der Waals surface area contributed by atoms with Crippen molar-refractivity contribution >= 4 is 5.91 Å². The summed E-state index contributed by atoms with van der Waals surface area (Å²) in [4.78, 5) is 11.4. The smallest absolute Gasteiger partial charge is 0.234 e. The molecule has 4 nitrogen and oxygen atoms in total. The molecule has 0 spiro atoms. The highest BCUT2D eigenvalue weighted by atomic mass is 16.3. The van der Waals surface area contributed by atoms with Gasteiger partial charge in [0.05, 0.1) is 12.1 Å². The fourth-order valence-corrected chi connectivity index (χ4v) is 2.13. The predicted molar refractivity (Wildman–Crippen MR) is 68.8 cm³/mol. The average molecular weight is 242 g/mol. The molecule has 0 atom stereocenters. The summed E-state index contributed by atoms with van der Waals surface area (Å²) in [5.41, 5.74) is -0.364. The molecular weight excluding hydrogens is 216 g/mol. The summed E-state index contributed by atoms with van der Waals surface area (Å²) >= 11 is 0. The van der Waals surface area contributed by atoms with Crippen LogP contribution in [0.3, 0.4) is 0 Å². The minimum atomic E-state index is -0.697. The Morgan fingerprint density at radius 1 is 1.24 bits per heavy atom. The largest absolute Gasteiger partial charge is 0.388 e. The lowest BCUT2D eigenvalue weighted by Gasteiger charge is -2.40. The van der Waals surface area contributed by atoms with E-state index in [9.17, 15) is 9.90 Å². The zero-order valence-electron chi connectivity index (χ0n) is 11.3. The molecule has 0 bridgehead atoms. The zero-order valence-corrected chi connectivity index (χ0v) is 11.3. The third-order valence-electron chi connectivity index (χ3n) is 3.68. The van der Waals surface area contributed by atoms with Crippen LogP contribution in [0.4, 0.5) is 0 Å². The van der Waals surface area contributed by atoms with E-state index >= 15 is 0 Å². The van der Waals surface area contributed by atoms with E-state index in [1.165, 1.54) is 0 Å². The molecule has 1 aliphatic carbocycles. The van der Waals surface area contributed by atoms with Gasteiger partial charge in [-0.2, -0.15) is 0 Å². The van der Waals surface area contributed by atoms with Crippen LogP contribution in [0.15, 0.2) is 0 Å². The minimum Gasteiger partial charge on any atom is -0.388 e. The summed E-state index contributed by atoms with van der Waals surface area (Å²) in [6, 6.07) is 0. The number of nitrogens with one attached hydrogen (secondary N) is 2. The van der Waals surface area contributed by atoms with E-state index < -0.39 is 5.60 Å². The Morgan fingerprint density at radius 3 is 2.35 bits per heavy atom. The maximum atomic E-state index is 11.4. The van der Waals surface area contributed by atoms with Gasteiger partial charge in [0.2, 0.25) is 5.91 Å². The Hall–Kier alpha value is -0.610. The predicted octanol–water partition coefficient (Wildman–Crippen LogP) is 1.04. The number of aliphatic hydroxyl groups is 1. The van der Waals surface area contributed by atoms with Gasteiger partial charge in [-0.05, 0) is 37.6 Å². The van der Waals surface area contributed by atoms with E-state index in [2.05, 4.69) is 24.5 Å². The highest BCUT2D eigenvalue weighted by Gasteiger charge is 2.36. The van der Waals surface area contributed by atoms with Crippen molar-refractivity contribution in [2.75, 3.05) is 19.6 Å². The lowest BCUT2D eigenvalue weighted by atomic mass is 9.71. The Kier molecular flexibility index (Phi) is 4.95. The summed E-state index contributed by atoms with van der Waals surface area (Å²) < 4.78 is 0. The number of carbonyl (C=O) groups excluding carboxylic acids is 1. The first-order valence-corrected chi connectivity index (χ1v) is 6.57. The van der Waals surface area contributed by atoms with E-state index in [-0.39, 0.29) is 5.91 Å². The molecule has 0 aromatic heterocycles. The third kappa shape index (κ3) is 5.04. The second-order valence-electron chi connectivity index (χ2n) is 5.95. The molecule has 0 aliphatic heterocycles. The highest BCUT2D eigenvalue weighted by Crippen LogP contribution is 2.39. The summed E-state index contributed by atoms with van der Waals surface area (Å²) in [6.45, 7) is 7.92. The summed E-state index contributed by atoms with van der Waals surface area (Å²) in [6.07, 6.45) is 3.60. The summed E-state index contributed by atoms with van der Waals surface area (Å²) in [7, 11) is 0. The number of hydrogen-bond donors (Lipinski definition) is 3. The fraction of sp³-hybridized carbons (Fsp3) is 0.923.